The summed E-state index contributed by atoms with van der Waals surface area (Å²) in [5, 5.41) is 2.50. The Labute approximate surface area is 255 Å². The number of hydrogen-bond acceptors (Lipinski definition) is 3. The van der Waals surface area contributed by atoms with Crippen molar-refractivity contribution in [2.75, 3.05) is 7.11 Å². The van der Waals surface area contributed by atoms with Gasteiger partial charge in [-0.15, -0.1) is 0 Å². The van der Waals surface area contributed by atoms with Gasteiger partial charge in [-0.25, -0.2) is 8.78 Å². The topological polar surface area (TPSA) is 47.6 Å². The van der Waals surface area contributed by atoms with E-state index in [9.17, 15) is 39.9 Å². The van der Waals surface area contributed by atoms with E-state index in [1.165, 1.54) is 25.3 Å². The van der Waals surface area contributed by atoms with Crippen molar-refractivity contribution in [1.29, 1.82) is 0 Å². The van der Waals surface area contributed by atoms with Crippen molar-refractivity contribution in [3.63, 3.8) is 0 Å². The molecule has 0 aromatic heterocycles. The van der Waals surface area contributed by atoms with Crippen LogP contribution < -0.4 is 14.8 Å². The first-order valence-corrected chi connectivity index (χ1v) is 13.2. The lowest BCUT2D eigenvalue weighted by Gasteiger charge is -2.37. The van der Waals surface area contributed by atoms with Gasteiger partial charge >= 0.3 is 18.7 Å². The molecule has 0 aliphatic carbocycles. The first-order chi connectivity index (χ1) is 21.1. The molecule has 4 aromatic carbocycles. The normalized spacial score (nSPS) is 13.3. The van der Waals surface area contributed by atoms with Crippen molar-refractivity contribution in [3.05, 3.63) is 129 Å². The summed E-state index contributed by atoms with van der Waals surface area (Å²) in [5.41, 5.74) is -4.34. The first kappa shape index (κ1) is 33.5. The molecule has 4 aromatic rings. The van der Waals surface area contributed by atoms with Crippen LogP contribution in [0.25, 0.3) is 0 Å². The number of amides is 1. The van der Waals surface area contributed by atoms with E-state index in [0.29, 0.717) is 17.7 Å². The summed E-state index contributed by atoms with van der Waals surface area (Å²) in [4.78, 5) is 13.7. The predicted molar refractivity (Wildman–Crippen MR) is 146 cm³/mol. The number of halogens is 10. The monoisotopic (exact) mass is 661 g/mol. The highest BCUT2D eigenvalue weighted by Crippen LogP contribution is 2.40. The third-order valence-electron chi connectivity index (χ3n) is 6.69. The lowest BCUT2D eigenvalue weighted by molar-refractivity contribution is -0.253. The molecule has 45 heavy (non-hydrogen) atoms. The number of ether oxygens (including phenoxy) is 2. The molecule has 0 spiro atoms. The van der Waals surface area contributed by atoms with E-state index in [0.717, 1.165) is 18.2 Å². The summed E-state index contributed by atoms with van der Waals surface area (Å²) in [7, 11) is 1.30. The van der Waals surface area contributed by atoms with E-state index in [2.05, 4.69) is 10.1 Å². The Morgan fingerprint density at radius 1 is 0.867 bits per heavy atom. The minimum absolute atomic E-state index is 0.0417. The van der Waals surface area contributed by atoms with Gasteiger partial charge in [0.15, 0.2) is 0 Å². The summed E-state index contributed by atoms with van der Waals surface area (Å²) >= 11 is 6.37. The van der Waals surface area contributed by atoms with Crippen LogP contribution in [0.3, 0.4) is 0 Å². The van der Waals surface area contributed by atoms with Crippen LogP contribution in [0.2, 0.25) is 5.02 Å². The van der Waals surface area contributed by atoms with Gasteiger partial charge in [0.25, 0.3) is 5.91 Å². The average molecular weight is 662 g/mol. The number of carbonyl (C=O) groups excluding carboxylic acids is 1. The van der Waals surface area contributed by atoms with Gasteiger partial charge < -0.3 is 14.8 Å². The maximum atomic E-state index is 15.0. The molecule has 0 bridgehead atoms. The van der Waals surface area contributed by atoms with Gasteiger partial charge in [-0.1, -0.05) is 48.0 Å². The Kier molecular flexibility index (Phi) is 9.62. The molecular formula is C31H21ClF9NO3. The Balaban J connectivity index is 2.00. The molecule has 0 radical (unpaired) electrons. The van der Waals surface area contributed by atoms with Crippen LogP contribution in [0.4, 0.5) is 39.5 Å². The predicted octanol–water partition coefficient (Wildman–Crippen LogP) is 8.80. The number of alkyl halides is 7. The standard InChI is InChI=1S/C31H21ClF9NO3/c1-44-26-10-8-19(14-24(26)32)29(16-17-5-3-2-4-6-17,20-12-21(33)15-22(13-20)45-31(40,41)28(35)36)42-27(43)18-7-9-25(34)23(11-18)30(37,38)39/h2-15,28H,16H2,1H3,(H,42,43). The molecule has 0 fully saturated rings. The molecule has 238 valence electrons. The van der Waals surface area contributed by atoms with Crippen molar-refractivity contribution in [2.24, 2.45) is 0 Å². The minimum Gasteiger partial charge on any atom is -0.495 e. The van der Waals surface area contributed by atoms with Gasteiger partial charge in [0, 0.05) is 18.1 Å². The molecule has 0 saturated carbocycles. The maximum absolute atomic E-state index is 15.0. The van der Waals surface area contributed by atoms with Crippen LogP contribution >= 0.6 is 11.6 Å². The molecule has 0 aliphatic rings. The van der Waals surface area contributed by atoms with Gasteiger partial charge in [0.1, 0.15) is 23.1 Å². The fraction of sp³-hybridized carbons (Fsp3) is 0.194. The largest absolute Gasteiger partial charge is 0.495 e. The summed E-state index contributed by atoms with van der Waals surface area (Å²) in [6, 6.07) is 15.4. The van der Waals surface area contributed by atoms with Crippen molar-refractivity contribution in [1.82, 2.24) is 5.32 Å². The number of nitrogens with one attached hydrogen (secondary N) is 1. The molecule has 4 nitrogen and oxygen atoms in total. The second kappa shape index (κ2) is 12.9. The molecule has 0 aliphatic heterocycles. The summed E-state index contributed by atoms with van der Waals surface area (Å²) in [6.07, 6.45) is -14.8. The van der Waals surface area contributed by atoms with Crippen molar-refractivity contribution >= 4 is 17.5 Å². The molecule has 1 atom stereocenters. The summed E-state index contributed by atoms with van der Waals surface area (Å²) < 4.78 is 132. The van der Waals surface area contributed by atoms with Gasteiger partial charge in [0.05, 0.1) is 23.2 Å². The van der Waals surface area contributed by atoms with Crippen LogP contribution in [0.15, 0.2) is 84.9 Å². The van der Waals surface area contributed by atoms with Gasteiger partial charge in [-0.2, -0.15) is 30.7 Å². The van der Waals surface area contributed by atoms with E-state index in [1.807, 2.05) is 0 Å². The van der Waals surface area contributed by atoms with E-state index in [-0.39, 0.29) is 34.4 Å². The third kappa shape index (κ3) is 7.47. The second-order valence-electron chi connectivity index (χ2n) is 9.70. The molecular weight excluding hydrogens is 641 g/mol. The van der Waals surface area contributed by atoms with Crippen LogP contribution in [0.5, 0.6) is 11.5 Å². The van der Waals surface area contributed by atoms with Crippen molar-refractivity contribution in [3.8, 4) is 11.5 Å². The molecule has 1 N–H and O–H groups in total. The fourth-order valence-electron chi connectivity index (χ4n) is 4.61. The molecule has 1 unspecified atom stereocenters. The maximum Gasteiger partial charge on any atom is 0.461 e. The SMILES string of the molecule is COc1ccc(C(Cc2ccccc2)(NC(=O)c2ccc(F)c(C(F)(F)F)c2)c2cc(F)cc(OC(F)(F)C(F)F)c2)cc1Cl. The number of methoxy groups -OCH3 is 1. The number of rotatable bonds is 10. The lowest BCUT2D eigenvalue weighted by Crippen LogP contribution is -2.49. The van der Waals surface area contributed by atoms with E-state index >= 15 is 4.39 Å². The van der Waals surface area contributed by atoms with Gasteiger partial charge in [0.2, 0.25) is 0 Å². The molecule has 14 heteroatoms. The van der Waals surface area contributed by atoms with Crippen LogP contribution in [-0.2, 0) is 18.1 Å². The van der Waals surface area contributed by atoms with Gasteiger partial charge in [-0.3, -0.25) is 4.79 Å². The van der Waals surface area contributed by atoms with Gasteiger partial charge in [-0.05, 0) is 59.2 Å². The van der Waals surface area contributed by atoms with Crippen molar-refractivity contribution < 1.29 is 53.8 Å². The molecule has 0 saturated heterocycles. The molecule has 0 heterocycles. The van der Waals surface area contributed by atoms with E-state index < -0.39 is 58.7 Å². The summed E-state index contributed by atoms with van der Waals surface area (Å²) in [6.45, 7) is 0. The van der Waals surface area contributed by atoms with Crippen LogP contribution in [-0.4, -0.2) is 25.6 Å². The Hall–Kier alpha value is -4.39. The quantitative estimate of drug-likeness (QED) is 0.173. The number of hydrogen-bond donors (Lipinski definition) is 1. The lowest BCUT2D eigenvalue weighted by atomic mass is 9.77. The van der Waals surface area contributed by atoms with E-state index in [4.69, 9.17) is 16.3 Å². The molecule has 4 rings (SSSR count). The highest BCUT2D eigenvalue weighted by atomic mass is 35.5. The van der Waals surface area contributed by atoms with E-state index in [1.54, 1.807) is 30.3 Å². The summed E-state index contributed by atoms with van der Waals surface area (Å²) in [5.74, 6) is -5.03. The Morgan fingerprint density at radius 3 is 2.16 bits per heavy atom. The Morgan fingerprint density at radius 2 is 1.56 bits per heavy atom. The fourth-order valence-corrected chi connectivity index (χ4v) is 4.87. The van der Waals surface area contributed by atoms with Crippen molar-refractivity contribution in [2.45, 2.75) is 30.7 Å². The smallest absolute Gasteiger partial charge is 0.461 e. The highest BCUT2D eigenvalue weighted by Gasteiger charge is 2.45. The third-order valence-corrected chi connectivity index (χ3v) is 6.99. The Bertz CT molecular complexity index is 1680. The van der Waals surface area contributed by atoms with Crippen LogP contribution in [0.1, 0.15) is 32.6 Å². The zero-order chi connectivity index (χ0) is 33.2. The average Bonchev–Trinajstić information content (AvgIpc) is 2.96. The number of benzene rings is 4. The molecule has 1 amide bonds. The second-order valence-corrected chi connectivity index (χ2v) is 10.1. The zero-order valence-electron chi connectivity index (χ0n) is 22.9. The zero-order valence-corrected chi connectivity index (χ0v) is 23.6. The minimum atomic E-state index is -5.17. The number of carbonyl (C=O) groups is 1. The highest BCUT2D eigenvalue weighted by molar-refractivity contribution is 6.32. The van der Waals surface area contributed by atoms with Crippen LogP contribution in [0, 0.1) is 11.6 Å². The first-order valence-electron chi connectivity index (χ1n) is 12.8.